The van der Waals surface area contributed by atoms with Crippen molar-refractivity contribution < 1.29 is 27.9 Å². The van der Waals surface area contributed by atoms with Gasteiger partial charge in [-0.3, -0.25) is 4.79 Å². The number of benzene rings is 1. The zero-order valence-corrected chi connectivity index (χ0v) is 8.23. The predicted molar refractivity (Wildman–Crippen MR) is 50.1 cm³/mol. The van der Waals surface area contributed by atoms with Gasteiger partial charge < -0.3 is 9.94 Å². The third-order valence-electron chi connectivity index (χ3n) is 2.22. The Morgan fingerprint density at radius 2 is 1.82 bits per heavy atom. The molecule has 1 aromatic carbocycles. The van der Waals surface area contributed by atoms with Crippen molar-refractivity contribution in [1.29, 1.82) is 0 Å². The first kappa shape index (κ1) is 11.6. The second-order valence-corrected chi connectivity index (χ2v) is 3.37. The van der Waals surface area contributed by atoms with Crippen LogP contribution in [-0.4, -0.2) is 28.6 Å². The lowest BCUT2D eigenvalue weighted by Gasteiger charge is -2.20. The highest BCUT2D eigenvalue weighted by atomic mass is 19.4. The van der Waals surface area contributed by atoms with E-state index in [0.717, 1.165) is 0 Å². The fourth-order valence-corrected chi connectivity index (χ4v) is 1.32. The summed E-state index contributed by atoms with van der Waals surface area (Å²) in [6.45, 7) is 0. The highest BCUT2D eigenvalue weighted by molar-refractivity contribution is 6.49. The molecular formula is C10H6F3NO3. The van der Waals surface area contributed by atoms with Gasteiger partial charge in [-0.25, -0.2) is 0 Å². The summed E-state index contributed by atoms with van der Waals surface area (Å²) in [7, 11) is 0. The van der Waals surface area contributed by atoms with E-state index in [-0.39, 0.29) is 5.56 Å². The van der Waals surface area contributed by atoms with Gasteiger partial charge in [-0.1, -0.05) is 35.5 Å². The first-order valence-corrected chi connectivity index (χ1v) is 4.52. The molecule has 17 heavy (non-hydrogen) atoms. The van der Waals surface area contributed by atoms with E-state index in [1.807, 2.05) is 0 Å². The van der Waals surface area contributed by atoms with E-state index in [1.54, 1.807) is 6.07 Å². The van der Waals surface area contributed by atoms with Crippen LogP contribution in [0.1, 0.15) is 5.56 Å². The minimum absolute atomic E-state index is 0.151. The third-order valence-corrected chi connectivity index (χ3v) is 2.22. The third kappa shape index (κ3) is 1.68. The van der Waals surface area contributed by atoms with Crippen LogP contribution >= 0.6 is 0 Å². The van der Waals surface area contributed by atoms with Gasteiger partial charge in [0, 0.05) is 5.56 Å². The number of hydrogen-bond acceptors (Lipinski definition) is 4. The number of ketones is 1. The van der Waals surface area contributed by atoms with Crippen molar-refractivity contribution in [2.24, 2.45) is 5.16 Å². The van der Waals surface area contributed by atoms with Crippen molar-refractivity contribution in [3.63, 3.8) is 0 Å². The van der Waals surface area contributed by atoms with Crippen LogP contribution in [-0.2, 0) is 9.63 Å². The highest BCUT2D eigenvalue weighted by Gasteiger charge is 2.67. The summed E-state index contributed by atoms with van der Waals surface area (Å²) >= 11 is 0. The maximum absolute atomic E-state index is 12.4. The summed E-state index contributed by atoms with van der Waals surface area (Å²) in [6.07, 6.45) is -5.23. The average molecular weight is 245 g/mol. The number of rotatable bonds is 1. The quantitative estimate of drug-likeness (QED) is 0.809. The van der Waals surface area contributed by atoms with Crippen LogP contribution in [0.25, 0.3) is 0 Å². The van der Waals surface area contributed by atoms with Gasteiger partial charge in [-0.2, -0.15) is 13.2 Å². The lowest BCUT2D eigenvalue weighted by atomic mass is 10.0. The van der Waals surface area contributed by atoms with E-state index in [1.165, 1.54) is 24.3 Å². The van der Waals surface area contributed by atoms with E-state index < -0.39 is 23.5 Å². The predicted octanol–water partition coefficient (Wildman–Crippen LogP) is 1.24. The monoisotopic (exact) mass is 245 g/mol. The number of oxime groups is 1. The Bertz CT molecular complexity index is 483. The summed E-state index contributed by atoms with van der Waals surface area (Å²) in [5, 5.41) is 12.1. The van der Waals surface area contributed by atoms with Crippen molar-refractivity contribution in [2.75, 3.05) is 0 Å². The number of alkyl halides is 3. The molecule has 1 aliphatic rings. The molecule has 4 nitrogen and oxygen atoms in total. The number of hydrogen-bond donors (Lipinski definition) is 1. The molecule has 0 amide bonds. The van der Waals surface area contributed by atoms with Gasteiger partial charge in [0.05, 0.1) is 0 Å². The van der Waals surface area contributed by atoms with Gasteiger partial charge in [-0.05, 0) is 0 Å². The molecule has 1 aliphatic heterocycles. The first-order valence-electron chi connectivity index (χ1n) is 4.52. The molecule has 0 saturated heterocycles. The lowest BCUT2D eigenvalue weighted by Crippen LogP contribution is -2.52. The summed E-state index contributed by atoms with van der Waals surface area (Å²) < 4.78 is 37.2. The fourth-order valence-electron chi connectivity index (χ4n) is 1.32. The molecule has 7 heteroatoms. The van der Waals surface area contributed by atoms with Crippen molar-refractivity contribution >= 4 is 11.5 Å². The van der Waals surface area contributed by atoms with E-state index in [9.17, 15) is 18.0 Å². The van der Waals surface area contributed by atoms with E-state index in [4.69, 9.17) is 5.11 Å². The molecule has 0 spiro atoms. The number of carbonyl (C=O) groups is 1. The topological polar surface area (TPSA) is 58.9 Å². The van der Waals surface area contributed by atoms with Crippen LogP contribution in [0.3, 0.4) is 0 Å². The smallest absolute Gasteiger partial charge is 0.341 e. The molecule has 0 bridgehead atoms. The second-order valence-electron chi connectivity index (χ2n) is 3.37. The van der Waals surface area contributed by atoms with Crippen molar-refractivity contribution in [3.05, 3.63) is 35.9 Å². The molecule has 0 saturated carbocycles. The molecule has 0 aromatic heterocycles. The molecule has 0 aliphatic carbocycles. The second kappa shape index (κ2) is 3.56. The zero-order chi connectivity index (χ0) is 12.7. The summed E-state index contributed by atoms with van der Waals surface area (Å²) in [6, 6.07) is 7.46. The number of aliphatic hydroxyl groups is 1. The van der Waals surface area contributed by atoms with Crippen molar-refractivity contribution in [3.8, 4) is 0 Å². The Labute approximate surface area is 93.3 Å². The Kier molecular flexibility index (Phi) is 2.43. The van der Waals surface area contributed by atoms with Crippen molar-refractivity contribution in [1.82, 2.24) is 0 Å². The first-order chi connectivity index (χ1) is 7.86. The zero-order valence-electron chi connectivity index (χ0n) is 8.23. The van der Waals surface area contributed by atoms with E-state index in [0.29, 0.717) is 0 Å². The van der Waals surface area contributed by atoms with Gasteiger partial charge in [0.15, 0.2) is 5.71 Å². The number of halogens is 3. The largest absolute Gasteiger partial charge is 0.466 e. The number of Topliss-reactive ketones (excluding diaryl/α,β-unsaturated/α-hetero) is 1. The lowest BCUT2D eigenvalue weighted by molar-refractivity contribution is -0.337. The van der Waals surface area contributed by atoms with Crippen molar-refractivity contribution in [2.45, 2.75) is 12.0 Å². The average Bonchev–Trinajstić information content (AvgIpc) is 2.58. The molecule has 2 rings (SSSR count). The fraction of sp³-hybridized carbons (Fsp3) is 0.200. The molecule has 1 heterocycles. The Morgan fingerprint density at radius 3 is 2.29 bits per heavy atom. The maximum Gasteiger partial charge on any atom is 0.466 e. The van der Waals surface area contributed by atoms with Crippen LogP contribution in [0.5, 0.6) is 0 Å². The number of carbonyl (C=O) groups excluding carboxylic acids is 1. The normalized spacial score (nSPS) is 24.5. The summed E-state index contributed by atoms with van der Waals surface area (Å²) in [5.74, 6) is -5.49. The van der Waals surface area contributed by atoms with Crippen LogP contribution in [0, 0.1) is 0 Å². The summed E-state index contributed by atoms with van der Waals surface area (Å²) in [5.41, 5.74) is -0.400. The molecule has 1 atom stereocenters. The van der Waals surface area contributed by atoms with Crippen LogP contribution < -0.4 is 0 Å². The van der Waals surface area contributed by atoms with E-state index >= 15 is 0 Å². The van der Waals surface area contributed by atoms with E-state index in [2.05, 4.69) is 9.99 Å². The minimum Gasteiger partial charge on any atom is -0.341 e. The number of nitrogens with zero attached hydrogens (tertiary/aromatic N) is 1. The van der Waals surface area contributed by atoms with Gasteiger partial charge in [0.1, 0.15) is 0 Å². The molecule has 1 aromatic rings. The SMILES string of the molecule is O=C1C(c2ccccc2)=NOC1(O)C(F)(F)F. The standard InChI is InChI=1S/C10H6F3NO3/c11-10(12,13)9(16)8(15)7(14-17-9)6-4-2-1-3-5-6/h1-5,16H. The van der Waals surface area contributed by atoms with Crippen LogP contribution in [0.4, 0.5) is 13.2 Å². The highest BCUT2D eigenvalue weighted by Crippen LogP contribution is 2.36. The minimum atomic E-state index is -5.23. The van der Waals surface area contributed by atoms with Crippen LogP contribution in [0.2, 0.25) is 0 Å². The Morgan fingerprint density at radius 1 is 1.24 bits per heavy atom. The van der Waals surface area contributed by atoms with Gasteiger partial charge in [0.25, 0.3) is 5.78 Å². The van der Waals surface area contributed by atoms with Gasteiger partial charge in [0.2, 0.25) is 0 Å². The molecule has 0 radical (unpaired) electrons. The maximum atomic E-state index is 12.4. The molecule has 1 N–H and O–H groups in total. The van der Waals surface area contributed by atoms with Gasteiger partial charge in [-0.15, -0.1) is 0 Å². The molecule has 90 valence electrons. The van der Waals surface area contributed by atoms with Crippen LogP contribution in [0.15, 0.2) is 35.5 Å². The Balaban J connectivity index is 2.36. The molecular weight excluding hydrogens is 239 g/mol. The Hall–Kier alpha value is -1.89. The molecule has 1 unspecified atom stereocenters. The summed E-state index contributed by atoms with van der Waals surface area (Å²) in [4.78, 5) is 15.3. The molecule has 0 fully saturated rings. The van der Waals surface area contributed by atoms with Gasteiger partial charge >= 0.3 is 12.0 Å².